The van der Waals surface area contributed by atoms with E-state index in [1.807, 2.05) is 6.92 Å². The number of aromatic nitrogens is 2. The van der Waals surface area contributed by atoms with Gasteiger partial charge in [0.25, 0.3) is 5.56 Å². The first-order valence-electron chi connectivity index (χ1n) is 6.08. The number of halogens is 1. The number of fused-ring (bicyclic) bond motifs is 1. The van der Waals surface area contributed by atoms with Gasteiger partial charge in [-0.2, -0.15) is 0 Å². The minimum absolute atomic E-state index is 0.0640. The summed E-state index contributed by atoms with van der Waals surface area (Å²) in [5.74, 6) is -0.618. The summed E-state index contributed by atoms with van der Waals surface area (Å²) in [6.45, 7) is 1.91. The molecule has 0 atom stereocenters. The highest BCUT2D eigenvalue weighted by molar-refractivity contribution is 5.78. The van der Waals surface area contributed by atoms with E-state index in [4.69, 9.17) is 0 Å². The lowest BCUT2D eigenvalue weighted by molar-refractivity contribution is 0.635. The number of aromatic amines is 1. The molecule has 0 radical (unpaired) electrons. The van der Waals surface area contributed by atoms with Crippen LogP contribution in [-0.4, -0.2) is 9.55 Å². The predicted octanol–water partition coefficient (Wildman–Crippen LogP) is 2.13. The summed E-state index contributed by atoms with van der Waals surface area (Å²) in [6.07, 6.45) is 0. The second-order valence-electron chi connectivity index (χ2n) is 4.57. The van der Waals surface area contributed by atoms with Gasteiger partial charge in [0, 0.05) is 0 Å². The van der Waals surface area contributed by atoms with Crippen LogP contribution in [0.1, 0.15) is 5.56 Å². The first-order chi connectivity index (χ1) is 9.58. The van der Waals surface area contributed by atoms with E-state index in [0.29, 0.717) is 5.69 Å². The predicted molar refractivity (Wildman–Crippen MR) is 74.9 cm³/mol. The molecular weight excluding hydrogens is 259 g/mol. The number of para-hydroxylation sites is 1. The van der Waals surface area contributed by atoms with Crippen LogP contribution >= 0.6 is 0 Å². The first-order valence-corrected chi connectivity index (χ1v) is 6.08. The number of nitrogens with zero attached hydrogens (tertiary/aromatic N) is 1. The Balaban J connectivity index is 2.41. The van der Waals surface area contributed by atoms with Crippen LogP contribution in [0.25, 0.3) is 16.6 Å². The van der Waals surface area contributed by atoms with E-state index in [2.05, 4.69) is 4.98 Å². The number of rotatable bonds is 1. The van der Waals surface area contributed by atoms with Crippen LogP contribution in [0.15, 0.2) is 52.1 Å². The van der Waals surface area contributed by atoms with E-state index in [-0.39, 0.29) is 10.9 Å². The summed E-state index contributed by atoms with van der Waals surface area (Å²) in [5, 5.41) is 0.144. The Hall–Kier alpha value is -2.69. The molecular formula is C15H11FN2O2. The number of hydrogen-bond donors (Lipinski definition) is 1. The van der Waals surface area contributed by atoms with Crippen molar-refractivity contribution in [2.45, 2.75) is 6.92 Å². The molecule has 3 rings (SSSR count). The number of H-pyrrole nitrogens is 1. The molecule has 0 unspecified atom stereocenters. The summed E-state index contributed by atoms with van der Waals surface area (Å²) in [7, 11) is 0. The third-order valence-corrected chi connectivity index (χ3v) is 3.17. The molecule has 20 heavy (non-hydrogen) atoms. The summed E-state index contributed by atoms with van der Waals surface area (Å²) < 4.78 is 14.6. The Bertz CT molecular complexity index is 908. The van der Waals surface area contributed by atoms with Crippen molar-refractivity contribution in [1.82, 2.24) is 9.55 Å². The van der Waals surface area contributed by atoms with Crippen LogP contribution in [0, 0.1) is 12.7 Å². The van der Waals surface area contributed by atoms with Gasteiger partial charge < -0.3 is 4.98 Å². The third-order valence-electron chi connectivity index (χ3n) is 3.17. The van der Waals surface area contributed by atoms with Gasteiger partial charge in [0.2, 0.25) is 0 Å². The topological polar surface area (TPSA) is 54.9 Å². The van der Waals surface area contributed by atoms with Gasteiger partial charge in [0.1, 0.15) is 5.82 Å². The quantitative estimate of drug-likeness (QED) is 0.736. The Kier molecular flexibility index (Phi) is 2.75. The zero-order chi connectivity index (χ0) is 14.3. The van der Waals surface area contributed by atoms with Crippen molar-refractivity contribution in [3.63, 3.8) is 0 Å². The molecule has 1 N–H and O–H groups in total. The van der Waals surface area contributed by atoms with Crippen LogP contribution in [0.4, 0.5) is 4.39 Å². The lowest BCUT2D eigenvalue weighted by atomic mass is 10.2. The van der Waals surface area contributed by atoms with Crippen molar-refractivity contribution in [3.05, 3.63) is 74.7 Å². The van der Waals surface area contributed by atoms with Gasteiger partial charge >= 0.3 is 5.69 Å². The largest absolute Gasteiger partial charge is 0.333 e. The Morgan fingerprint density at radius 2 is 1.75 bits per heavy atom. The monoisotopic (exact) mass is 270 g/mol. The highest BCUT2D eigenvalue weighted by atomic mass is 19.1. The molecule has 0 fully saturated rings. The van der Waals surface area contributed by atoms with Gasteiger partial charge in [-0.1, -0.05) is 23.8 Å². The fraction of sp³-hybridized carbons (Fsp3) is 0.0667. The van der Waals surface area contributed by atoms with Gasteiger partial charge in [0.15, 0.2) is 0 Å². The second kappa shape index (κ2) is 4.45. The summed E-state index contributed by atoms with van der Waals surface area (Å²) in [5.41, 5.74) is 0.215. The van der Waals surface area contributed by atoms with Crippen LogP contribution in [0.5, 0.6) is 0 Å². The van der Waals surface area contributed by atoms with E-state index in [1.165, 1.54) is 18.2 Å². The third kappa shape index (κ3) is 1.84. The van der Waals surface area contributed by atoms with Crippen molar-refractivity contribution in [2.24, 2.45) is 0 Å². The van der Waals surface area contributed by atoms with Crippen LogP contribution in [0.3, 0.4) is 0 Å². The molecule has 0 saturated carbocycles. The molecule has 0 aliphatic heterocycles. The first kappa shape index (κ1) is 12.3. The minimum Gasteiger partial charge on any atom is -0.304 e. The van der Waals surface area contributed by atoms with E-state index in [0.717, 1.165) is 10.1 Å². The van der Waals surface area contributed by atoms with Crippen LogP contribution in [0.2, 0.25) is 0 Å². The maximum Gasteiger partial charge on any atom is 0.333 e. The average Bonchev–Trinajstić information content (AvgIpc) is 2.42. The van der Waals surface area contributed by atoms with Crippen LogP contribution < -0.4 is 11.2 Å². The number of hydrogen-bond acceptors (Lipinski definition) is 2. The molecule has 100 valence electrons. The van der Waals surface area contributed by atoms with Crippen molar-refractivity contribution in [2.75, 3.05) is 0 Å². The van der Waals surface area contributed by atoms with Crippen molar-refractivity contribution in [3.8, 4) is 5.69 Å². The van der Waals surface area contributed by atoms with Gasteiger partial charge in [-0.25, -0.2) is 13.8 Å². The minimum atomic E-state index is -0.656. The van der Waals surface area contributed by atoms with Gasteiger partial charge in [0.05, 0.1) is 16.6 Å². The zero-order valence-corrected chi connectivity index (χ0v) is 10.7. The maximum atomic E-state index is 13.6. The fourth-order valence-corrected chi connectivity index (χ4v) is 2.13. The van der Waals surface area contributed by atoms with Crippen molar-refractivity contribution in [1.29, 1.82) is 0 Å². The van der Waals surface area contributed by atoms with E-state index < -0.39 is 17.1 Å². The molecule has 4 nitrogen and oxygen atoms in total. The number of aryl methyl sites for hydroxylation is 1. The Labute approximate surface area is 113 Å². The normalized spacial score (nSPS) is 10.9. The highest BCUT2D eigenvalue weighted by Gasteiger charge is 2.11. The van der Waals surface area contributed by atoms with E-state index >= 15 is 0 Å². The lowest BCUT2D eigenvalue weighted by Gasteiger charge is -2.07. The molecule has 0 aliphatic carbocycles. The average molecular weight is 270 g/mol. The fourth-order valence-electron chi connectivity index (χ4n) is 2.13. The Morgan fingerprint density at radius 1 is 1.05 bits per heavy atom. The molecule has 0 aliphatic rings. The van der Waals surface area contributed by atoms with Crippen molar-refractivity contribution < 1.29 is 4.39 Å². The van der Waals surface area contributed by atoms with Gasteiger partial charge in [-0.3, -0.25) is 4.79 Å². The molecule has 3 aromatic rings. The summed E-state index contributed by atoms with van der Waals surface area (Å²) in [4.78, 5) is 26.8. The van der Waals surface area contributed by atoms with Crippen LogP contribution in [-0.2, 0) is 0 Å². The molecule has 0 saturated heterocycles. The second-order valence-corrected chi connectivity index (χ2v) is 4.57. The SMILES string of the molecule is Cc1ccc(-n2c(=O)[nH]c3c(F)cccc3c2=O)cc1. The zero-order valence-electron chi connectivity index (χ0n) is 10.7. The number of nitrogens with one attached hydrogen (secondary N) is 1. The molecule has 2 aromatic carbocycles. The smallest absolute Gasteiger partial charge is 0.304 e. The maximum absolute atomic E-state index is 13.6. The van der Waals surface area contributed by atoms with Gasteiger partial charge in [-0.15, -0.1) is 0 Å². The van der Waals surface area contributed by atoms with E-state index in [1.54, 1.807) is 24.3 Å². The number of benzene rings is 2. The molecule has 5 heteroatoms. The molecule has 0 bridgehead atoms. The van der Waals surface area contributed by atoms with Crippen molar-refractivity contribution >= 4 is 10.9 Å². The molecule has 0 spiro atoms. The highest BCUT2D eigenvalue weighted by Crippen LogP contribution is 2.11. The van der Waals surface area contributed by atoms with Gasteiger partial charge in [-0.05, 0) is 31.2 Å². The molecule has 1 aromatic heterocycles. The van der Waals surface area contributed by atoms with E-state index in [9.17, 15) is 14.0 Å². The summed E-state index contributed by atoms with van der Waals surface area (Å²) >= 11 is 0. The lowest BCUT2D eigenvalue weighted by Crippen LogP contribution is -2.33. The summed E-state index contributed by atoms with van der Waals surface area (Å²) in [6, 6.07) is 11.1. The molecule has 1 heterocycles. The Morgan fingerprint density at radius 3 is 2.45 bits per heavy atom. The molecule has 0 amide bonds. The standard InChI is InChI=1S/C15H11FN2O2/c1-9-5-7-10(8-6-9)18-14(19)11-3-2-4-12(16)13(11)17-15(18)20/h2-8H,1H3,(H,17,20).